The van der Waals surface area contributed by atoms with Crippen LogP contribution in [0.25, 0.3) is 55.5 Å². The molecule has 1 atom stereocenters. The lowest BCUT2D eigenvalue weighted by molar-refractivity contribution is 0.311. The predicted octanol–water partition coefficient (Wildman–Crippen LogP) is 7.90. The number of benzene rings is 4. The minimum atomic E-state index is -0.498. The molecule has 9 rings (SSSR count). The van der Waals surface area contributed by atoms with Crippen LogP contribution in [0.3, 0.4) is 0 Å². The molecule has 0 saturated carbocycles. The third-order valence-electron chi connectivity index (χ3n) is 10.0. The van der Waals surface area contributed by atoms with Crippen molar-refractivity contribution in [2.45, 2.75) is 26.2 Å². The number of halogens is 2. The molecular formula is C40H32Cl2N6O5. The summed E-state index contributed by atoms with van der Waals surface area (Å²) in [6.45, 7) is 5.34. The Morgan fingerprint density at radius 2 is 1.47 bits per heavy atom. The van der Waals surface area contributed by atoms with E-state index in [1.165, 1.54) is 4.57 Å². The van der Waals surface area contributed by atoms with Gasteiger partial charge in [-0.25, -0.2) is 9.59 Å². The van der Waals surface area contributed by atoms with Crippen LogP contribution in [0, 0.1) is 13.8 Å². The van der Waals surface area contributed by atoms with Crippen molar-refractivity contribution in [1.29, 1.82) is 0 Å². The predicted molar refractivity (Wildman–Crippen MR) is 209 cm³/mol. The fraction of sp³-hybridized carbons (Fsp3) is 0.200. The largest absolute Gasteiger partial charge is 0.450 e. The smallest absolute Gasteiger partial charge is 0.354 e. The van der Waals surface area contributed by atoms with E-state index < -0.39 is 11.4 Å². The number of aliphatic hydroxyl groups is 1. The summed E-state index contributed by atoms with van der Waals surface area (Å²) in [5.74, 6) is 0.870. The molecule has 1 unspecified atom stereocenters. The summed E-state index contributed by atoms with van der Waals surface area (Å²) in [6, 6.07) is 24.4. The van der Waals surface area contributed by atoms with Gasteiger partial charge in [0.25, 0.3) is 0 Å². The van der Waals surface area contributed by atoms with Gasteiger partial charge in [0.1, 0.15) is 22.2 Å². The van der Waals surface area contributed by atoms with E-state index in [0.29, 0.717) is 79.1 Å². The van der Waals surface area contributed by atoms with Gasteiger partial charge in [-0.15, -0.1) is 0 Å². The zero-order valence-electron chi connectivity index (χ0n) is 28.7. The SMILES string of the molecule is Cc1cccc(-n2c(=O)nc(N3CCC(c4ccc(-n5c(=O)nc(NCCO)c6oc7ccc(Cl)cc7c65)cc4C)C3)c3oc4ccc(Cl)cc4c32)c1. The third-order valence-corrected chi connectivity index (χ3v) is 10.5. The van der Waals surface area contributed by atoms with Crippen LogP contribution >= 0.6 is 23.2 Å². The van der Waals surface area contributed by atoms with Crippen molar-refractivity contribution in [3.8, 4) is 11.4 Å². The molecule has 53 heavy (non-hydrogen) atoms. The summed E-state index contributed by atoms with van der Waals surface area (Å²) in [4.78, 5) is 38.6. The number of furan rings is 2. The number of nitrogens with one attached hydrogen (secondary N) is 1. The third kappa shape index (κ3) is 5.54. The van der Waals surface area contributed by atoms with Gasteiger partial charge >= 0.3 is 11.4 Å². The van der Waals surface area contributed by atoms with E-state index >= 15 is 0 Å². The highest BCUT2D eigenvalue weighted by molar-refractivity contribution is 6.32. The van der Waals surface area contributed by atoms with Crippen LogP contribution in [-0.2, 0) is 0 Å². The number of hydrogen-bond donors (Lipinski definition) is 2. The fourth-order valence-corrected chi connectivity index (χ4v) is 8.01. The number of nitrogens with zero attached hydrogens (tertiary/aromatic N) is 5. The van der Waals surface area contributed by atoms with E-state index in [1.54, 1.807) is 28.8 Å². The molecule has 5 heterocycles. The maximum atomic E-state index is 13.9. The van der Waals surface area contributed by atoms with Crippen LogP contribution < -0.4 is 21.6 Å². The molecule has 13 heteroatoms. The first-order chi connectivity index (χ1) is 25.7. The second-order valence-corrected chi connectivity index (χ2v) is 14.3. The number of anilines is 2. The van der Waals surface area contributed by atoms with Crippen molar-refractivity contribution in [3.63, 3.8) is 0 Å². The first-order valence-corrected chi connectivity index (χ1v) is 18.0. The second-order valence-electron chi connectivity index (χ2n) is 13.4. The van der Waals surface area contributed by atoms with Gasteiger partial charge in [-0.3, -0.25) is 9.13 Å². The van der Waals surface area contributed by atoms with E-state index in [1.807, 2.05) is 68.4 Å². The first kappa shape index (κ1) is 33.2. The number of aromatic nitrogens is 4. The quantitative estimate of drug-likeness (QED) is 0.167. The summed E-state index contributed by atoms with van der Waals surface area (Å²) in [6.07, 6.45) is 0.818. The molecule has 4 aromatic carbocycles. The van der Waals surface area contributed by atoms with Crippen molar-refractivity contribution in [3.05, 3.63) is 127 Å². The van der Waals surface area contributed by atoms with E-state index in [-0.39, 0.29) is 24.9 Å². The van der Waals surface area contributed by atoms with Gasteiger partial charge in [0.15, 0.2) is 22.8 Å². The lowest BCUT2D eigenvalue weighted by Gasteiger charge is -2.20. The van der Waals surface area contributed by atoms with Crippen LogP contribution in [0.15, 0.2) is 97.3 Å². The van der Waals surface area contributed by atoms with Crippen LogP contribution in [0.4, 0.5) is 11.6 Å². The molecule has 2 N–H and O–H groups in total. The van der Waals surface area contributed by atoms with Crippen molar-refractivity contribution < 1.29 is 13.9 Å². The molecule has 0 amide bonds. The number of fused-ring (bicyclic) bond motifs is 6. The van der Waals surface area contributed by atoms with Gasteiger partial charge in [-0.2, -0.15) is 9.97 Å². The molecule has 0 aliphatic carbocycles. The minimum absolute atomic E-state index is 0.118. The topological polar surface area (TPSA) is 132 Å². The molecule has 0 radical (unpaired) electrons. The number of aliphatic hydroxyl groups excluding tert-OH is 1. The van der Waals surface area contributed by atoms with Gasteiger partial charge in [0.2, 0.25) is 0 Å². The molecule has 8 aromatic rings. The Kier molecular flexibility index (Phi) is 8.03. The van der Waals surface area contributed by atoms with Crippen LogP contribution in [0.2, 0.25) is 10.0 Å². The Morgan fingerprint density at radius 1 is 0.811 bits per heavy atom. The number of aryl methyl sites for hydroxylation is 2. The summed E-state index contributed by atoms with van der Waals surface area (Å²) >= 11 is 12.8. The molecule has 1 saturated heterocycles. The van der Waals surface area contributed by atoms with E-state index in [2.05, 4.69) is 20.2 Å². The lowest BCUT2D eigenvalue weighted by Crippen LogP contribution is -2.28. The highest BCUT2D eigenvalue weighted by atomic mass is 35.5. The molecule has 266 valence electrons. The molecule has 11 nitrogen and oxygen atoms in total. The standard InChI is InChI=1S/C40H32Cl2N6O5/c1-21-4-3-5-26(16-21)47-34-30-19-25(42)7-11-32(30)53-36(34)38(45-40(47)51)46-14-12-23(20-46)28-9-8-27(17-22(28)2)48-33-29-18-24(41)6-10-31(29)52-35(33)37(43-13-15-49)44-39(48)50/h3-11,16-19,23,49H,12-15,20H2,1-2H3,(H,43,44,50). The fourth-order valence-electron chi connectivity index (χ4n) is 7.67. The molecule has 1 aliphatic rings. The van der Waals surface area contributed by atoms with E-state index in [9.17, 15) is 14.7 Å². The average molecular weight is 748 g/mol. The molecule has 1 aliphatic heterocycles. The maximum Gasteiger partial charge on any atom is 0.354 e. The van der Waals surface area contributed by atoms with Crippen LogP contribution in [0.1, 0.15) is 29.0 Å². The highest BCUT2D eigenvalue weighted by Gasteiger charge is 2.31. The Balaban J connectivity index is 1.11. The lowest BCUT2D eigenvalue weighted by atomic mass is 9.93. The number of rotatable bonds is 7. The van der Waals surface area contributed by atoms with E-state index in [4.69, 9.17) is 32.0 Å². The van der Waals surface area contributed by atoms with Crippen molar-refractivity contribution in [2.24, 2.45) is 0 Å². The van der Waals surface area contributed by atoms with Gasteiger partial charge in [-0.1, -0.05) is 41.4 Å². The molecule has 0 spiro atoms. The Bertz CT molecular complexity index is 2890. The molecule has 0 bridgehead atoms. The highest BCUT2D eigenvalue weighted by Crippen LogP contribution is 2.40. The Morgan fingerprint density at radius 3 is 2.15 bits per heavy atom. The molecule has 1 fully saturated rings. The first-order valence-electron chi connectivity index (χ1n) is 17.3. The average Bonchev–Trinajstić information content (AvgIpc) is 3.87. The van der Waals surface area contributed by atoms with Gasteiger partial charge in [0.05, 0.1) is 18.0 Å². The van der Waals surface area contributed by atoms with Gasteiger partial charge < -0.3 is 24.2 Å². The zero-order valence-corrected chi connectivity index (χ0v) is 30.2. The van der Waals surface area contributed by atoms with Crippen molar-refractivity contribution >= 4 is 79.0 Å². The summed E-state index contributed by atoms with van der Waals surface area (Å²) in [7, 11) is 0. The van der Waals surface area contributed by atoms with Crippen LogP contribution in [-0.4, -0.2) is 50.4 Å². The zero-order chi connectivity index (χ0) is 36.5. The Hall–Kier alpha value is -5.62. The van der Waals surface area contributed by atoms with Gasteiger partial charge in [0, 0.05) is 46.4 Å². The maximum absolute atomic E-state index is 13.9. The summed E-state index contributed by atoms with van der Waals surface area (Å²) in [5, 5.41) is 14.9. The molecular weight excluding hydrogens is 715 g/mol. The second kappa shape index (κ2) is 12.8. The summed E-state index contributed by atoms with van der Waals surface area (Å²) in [5.41, 5.74) is 6.80. The van der Waals surface area contributed by atoms with Crippen molar-refractivity contribution in [2.75, 3.05) is 36.5 Å². The molecule has 4 aromatic heterocycles. The normalized spacial score (nSPS) is 14.7. The minimum Gasteiger partial charge on any atom is -0.450 e. The van der Waals surface area contributed by atoms with Crippen molar-refractivity contribution in [1.82, 2.24) is 19.1 Å². The van der Waals surface area contributed by atoms with E-state index in [0.717, 1.165) is 28.5 Å². The van der Waals surface area contributed by atoms with Crippen LogP contribution in [0.5, 0.6) is 0 Å². The van der Waals surface area contributed by atoms with Gasteiger partial charge in [-0.05, 0) is 97.6 Å². The number of hydrogen-bond acceptors (Lipinski definition) is 9. The monoisotopic (exact) mass is 746 g/mol. The Labute approximate surface area is 311 Å². The summed E-state index contributed by atoms with van der Waals surface area (Å²) < 4.78 is 15.8.